The Hall–Kier alpha value is -2.48. The zero-order chi connectivity index (χ0) is 20.2. The van der Waals surface area contributed by atoms with Crippen LogP contribution in [0.1, 0.15) is 23.4 Å². The van der Waals surface area contributed by atoms with Crippen molar-refractivity contribution in [1.82, 2.24) is 19.5 Å². The molecule has 7 heteroatoms. The van der Waals surface area contributed by atoms with Gasteiger partial charge in [-0.3, -0.25) is 14.8 Å². The van der Waals surface area contributed by atoms with Gasteiger partial charge < -0.3 is 9.47 Å². The zero-order valence-electron chi connectivity index (χ0n) is 17.1. The second-order valence-electron chi connectivity index (χ2n) is 7.57. The van der Waals surface area contributed by atoms with Crippen LogP contribution in [-0.2, 0) is 22.5 Å². The molecule has 1 aliphatic rings. The lowest BCUT2D eigenvalue weighted by Crippen LogP contribution is -2.37. The molecule has 3 aromatic rings. The third kappa shape index (κ3) is 4.42. The molecule has 0 radical (unpaired) electrons. The molecule has 3 heterocycles. The highest BCUT2D eigenvalue weighted by molar-refractivity contribution is 5.80. The Morgan fingerprint density at radius 2 is 1.97 bits per heavy atom. The average molecular weight is 396 g/mol. The molecule has 2 aromatic heterocycles. The highest BCUT2D eigenvalue weighted by Crippen LogP contribution is 2.28. The van der Waals surface area contributed by atoms with E-state index in [0.29, 0.717) is 12.3 Å². The first kappa shape index (κ1) is 19.8. The van der Waals surface area contributed by atoms with Crippen LogP contribution >= 0.6 is 0 Å². The Morgan fingerprint density at radius 3 is 2.69 bits per heavy atom. The van der Waals surface area contributed by atoms with Gasteiger partial charge in [0.25, 0.3) is 5.56 Å². The predicted molar refractivity (Wildman–Crippen MR) is 112 cm³/mol. The number of aromatic nitrogens is 3. The molecule has 0 atom stereocenters. The van der Waals surface area contributed by atoms with Crippen LogP contribution in [0.4, 0.5) is 0 Å². The van der Waals surface area contributed by atoms with Crippen LogP contribution in [0.15, 0.2) is 35.1 Å². The Balaban J connectivity index is 1.64. The number of methoxy groups -OCH3 is 1. The van der Waals surface area contributed by atoms with Gasteiger partial charge in [0.05, 0.1) is 25.5 Å². The molecular formula is C22H28N4O3. The molecule has 1 N–H and O–H groups in total. The molecule has 7 nitrogen and oxygen atoms in total. The van der Waals surface area contributed by atoms with Crippen molar-refractivity contribution in [3.05, 3.63) is 57.6 Å². The van der Waals surface area contributed by atoms with E-state index in [1.807, 2.05) is 0 Å². The lowest BCUT2D eigenvalue weighted by molar-refractivity contribution is 0.0374. The van der Waals surface area contributed by atoms with Gasteiger partial charge in [-0.15, -0.1) is 0 Å². The van der Waals surface area contributed by atoms with Gasteiger partial charge in [0.1, 0.15) is 0 Å². The summed E-state index contributed by atoms with van der Waals surface area (Å²) in [5, 5.41) is 3.18. The van der Waals surface area contributed by atoms with Gasteiger partial charge in [0, 0.05) is 37.5 Å². The standard InChI is InChI=1S/C22H28N4O3/c1-16-5-7-17(8-6-16)21-19(15-28-2)24-26-20(27)14-18(23-22(21)26)4-3-9-25-10-12-29-13-11-25/h5-8,14,24H,3-4,9-13,15H2,1-2H3. The predicted octanol–water partition coefficient (Wildman–Crippen LogP) is 2.41. The maximum atomic E-state index is 12.7. The number of hydrogen-bond donors (Lipinski definition) is 1. The highest BCUT2D eigenvalue weighted by atomic mass is 16.5. The second kappa shape index (κ2) is 8.90. The van der Waals surface area contributed by atoms with E-state index in [2.05, 4.69) is 41.2 Å². The summed E-state index contributed by atoms with van der Waals surface area (Å²) in [5.41, 5.74) is 5.40. The van der Waals surface area contributed by atoms with Crippen molar-refractivity contribution in [2.75, 3.05) is 40.0 Å². The number of ether oxygens (including phenoxy) is 2. The molecule has 4 rings (SSSR count). The fraction of sp³-hybridized carbons (Fsp3) is 0.455. The minimum absolute atomic E-state index is 0.0907. The number of benzene rings is 1. The lowest BCUT2D eigenvalue weighted by Gasteiger charge is -2.26. The maximum absolute atomic E-state index is 12.7. The third-order valence-electron chi connectivity index (χ3n) is 5.38. The van der Waals surface area contributed by atoms with Crippen molar-refractivity contribution < 1.29 is 9.47 Å². The molecule has 0 unspecified atom stereocenters. The minimum Gasteiger partial charge on any atom is -0.379 e. The summed E-state index contributed by atoms with van der Waals surface area (Å²) in [7, 11) is 1.65. The summed E-state index contributed by atoms with van der Waals surface area (Å²) in [4.78, 5) is 20.0. The Bertz CT molecular complexity index is 1020. The normalized spacial score (nSPS) is 15.2. The SMILES string of the molecule is COCc1[nH]n2c(=O)cc(CCCN3CCOCC3)nc2c1-c1ccc(C)cc1. The van der Waals surface area contributed by atoms with Crippen molar-refractivity contribution in [2.45, 2.75) is 26.4 Å². The van der Waals surface area contributed by atoms with Gasteiger partial charge in [-0.1, -0.05) is 29.8 Å². The molecule has 1 aliphatic heterocycles. The molecule has 1 saturated heterocycles. The number of morpholine rings is 1. The highest BCUT2D eigenvalue weighted by Gasteiger charge is 2.17. The number of hydrogen-bond acceptors (Lipinski definition) is 5. The van der Waals surface area contributed by atoms with Crippen LogP contribution in [0.5, 0.6) is 0 Å². The summed E-state index contributed by atoms with van der Waals surface area (Å²) >= 11 is 0. The Labute approximate surface area is 170 Å². The quantitative estimate of drug-likeness (QED) is 0.664. The largest absolute Gasteiger partial charge is 0.379 e. The number of aromatic amines is 1. The molecule has 29 heavy (non-hydrogen) atoms. The molecule has 0 spiro atoms. The minimum atomic E-state index is -0.0907. The average Bonchev–Trinajstić information content (AvgIpc) is 3.08. The summed E-state index contributed by atoms with van der Waals surface area (Å²) in [6.45, 7) is 7.00. The monoisotopic (exact) mass is 396 g/mol. The van der Waals surface area contributed by atoms with Crippen LogP contribution in [0, 0.1) is 6.92 Å². The number of H-pyrrole nitrogens is 1. The first-order valence-electron chi connectivity index (χ1n) is 10.2. The van der Waals surface area contributed by atoms with Gasteiger partial charge in [-0.05, 0) is 31.9 Å². The van der Waals surface area contributed by atoms with Crippen LogP contribution in [0.25, 0.3) is 16.8 Å². The van der Waals surface area contributed by atoms with Crippen molar-refractivity contribution in [3.63, 3.8) is 0 Å². The summed E-state index contributed by atoms with van der Waals surface area (Å²) < 4.78 is 12.3. The molecule has 0 bridgehead atoms. The number of nitrogens with zero attached hydrogens (tertiary/aromatic N) is 3. The van der Waals surface area contributed by atoms with E-state index in [9.17, 15) is 4.79 Å². The Morgan fingerprint density at radius 1 is 1.21 bits per heavy atom. The fourth-order valence-corrected chi connectivity index (χ4v) is 3.84. The third-order valence-corrected chi connectivity index (χ3v) is 5.38. The molecule has 0 saturated carbocycles. The van der Waals surface area contributed by atoms with E-state index in [1.54, 1.807) is 13.2 Å². The summed E-state index contributed by atoms with van der Waals surface area (Å²) in [6.07, 6.45) is 1.75. The van der Waals surface area contributed by atoms with E-state index in [1.165, 1.54) is 10.1 Å². The second-order valence-corrected chi connectivity index (χ2v) is 7.57. The van der Waals surface area contributed by atoms with Crippen molar-refractivity contribution in [1.29, 1.82) is 0 Å². The van der Waals surface area contributed by atoms with Crippen molar-refractivity contribution in [2.24, 2.45) is 0 Å². The lowest BCUT2D eigenvalue weighted by atomic mass is 10.0. The topological polar surface area (TPSA) is 71.9 Å². The van der Waals surface area contributed by atoms with E-state index in [-0.39, 0.29) is 5.56 Å². The smallest absolute Gasteiger partial charge is 0.272 e. The number of nitrogens with one attached hydrogen (secondary N) is 1. The Kier molecular flexibility index (Phi) is 6.08. The first-order valence-corrected chi connectivity index (χ1v) is 10.2. The summed E-state index contributed by atoms with van der Waals surface area (Å²) in [6, 6.07) is 9.90. The zero-order valence-corrected chi connectivity index (χ0v) is 17.1. The maximum Gasteiger partial charge on any atom is 0.272 e. The molecule has 1 aromatic carbocycles. The first-order chi connectivity index (χ1) is 14.2. The van der Waals surface area contributed by atoms with Gasteiger partial charge in [0.2, 0.25) is 0 Å². The van der Waals surface area contributed by atoms with E-state index in [4.69, 9.17) is 14.5 Å². The van der Waals surface area contributed by atoms with Gasteiger partial charge in [0.15, 0.2) is 5.65 Å². The molecular weight excluding hydrogens is 368 g/mol. The van der Waals surface area contributed by atoms with Gasteiger partial charge in [-0.25, -0.2) is 9.50 Å². The van der Waals surface area contributed by atoms with Gasteiger partial charge >= 0.3 is 0 Å². The van der Waals surface area contributed by atoms with Crippen LogP contribution < -0.4 is 5.56 Å². The number of fused-ring (bicyclic) bond motifs is 1. The van der Waals surface area contributed by atoms with Crippen molar-refractivity contribution >= 4 is 5.65 Å². The molecule has 1 fully saturated rings. The summed E-state index contributed by atoms with van der Waals surface area (Å²) in [5.74, 6) is 0. The number of rotatable bonds is 7. The van der Waals surface area contributed by atoms with Gasteiger partial charge in [-0.2, -0.15) is 0 Å². The molecule has 0 amide bonds. The van der Waals surface area contributed by atoms with Crippen LogP contribution in [0.3, 0.4) is 0 Å². The van der Waals surface area contributed by atoms with Crippen LogP contribution in [-0.4, -0.2) is 59.5 Å². The van der Waals surface area contributed by atoms with Crippen molar-refractivity contribution in [3.8, 4) is 11.1 Å². The van der Waals surface area contributed by atoms with E-state index >= 15 is 0 Å². The van der Waals surface area contributed by atoms with Crippen LogP contribution in [0.2, 0.25) is 0 Å². The fourth-order valence-electron chi connectivity index (χ4n) is 3.84. The van der Waals surface area contributed by atoms with E-state index in [0.717, 1.165) is 68.2 Å². The molecule has 0 aliphatic carbocycles. The van der Waals surface area contributed by atoms with E-state index < -0.39 is 0 Å². The number of aryl methyl sites for hydroxylation is 2. The molecule has 154 valence electrons.